The minimum atomic E-state index is -0.271. The van der Waals surface area contributed by atoms with Gasteiger partial charge in [-0.25, -0.2) is 0 Å². The molecule has 1 aliphatic rings. The van der Waals surface area contributed by atoms with Gasteiger partial charge < -0.3 is 19.1 Å². The summed E-state index contributed by atoms with van der Waals surface area (Å²) in [5, 5.41) is -0.271. The van der Waals surface area contributed by atoms with Crippen LogP contribution in [-0.4, -0.2) is 32.1 Å². The number of ether oxygens (including phenoxy) is 3. The van der Waals surface area contributed by atoms with Gasteiger partial charge in [0.15, 0.2) is 11.5 Å². The molecule has 1 heterocycles. The van der Waals surface area contributed by atoms with Crippen LogP contribution in [0.15, 0.2) is 36.4 Å². The SMILES string of the molecule is COc1cc(CN2C(=O)c3ccccc3C2S)cc(OC)c1OC. The van der Waals surface area contributed by atoms with Crippen LogP contribution in [0.2, 0.25) is 0 Å². The lowest BCUT2D eigenvalue weighted by atomic mass is 10.1. The molecule has 0 bridgehead atoms. The predicted octanol–water partition coefficient (Wildman–Crippen LogP) is 3.30. The highest BCUT2D eigenvalue weighted by Gasteiger charge is 2.34. The van der Waals surface area contributed by atoms with E-state index in [1.165, 1.54) is 0 Å². The molecule has 1 atom stereocenters. The van der Waals surface area contributed by atoms with E-state index in [1.54, 1.807) is 26.2 Å². The van der Waals surface area contributed by atoms with Crippen molar-refractivity contribution in [3.05, 3.63) is 53.1 Å². The third-order valence-electron chi connectivity index (χ3n) is 4.10. The summed E-state index contributed by atoms with van der Waals surface area (Å²) in [6.45, 7) is 0.401. The molecule has 1 unspecified atom stereocenters. The molecule has 126 valence electrons. The fourth-order valence-corrected chi connectivity index (χ4v) is 3.34. The van der Waals surface area contributed by atoms with Gasteiger partial charge >= 0.3 is 0 Å². The van der Waals surface area contributed by atoms with Crippen LogP contribution < -0.4 is 14.2 Å². The fourth-order valence-electron chi connectivity index (χ4n) is 2.93. The number of methoxy groups -OCH3 is 3. The molecular formula is C18H19NO4S. The lowest BCUT2D eigenvalue weighted by molar-refractivity contribution is 0.0762. The Morgan fingerprint density at radius 1 is 1.04 bits per heavy atom. The van der Waals surface area contributed by atoms with Crippen LogP contribution in [0.25, 0.3) is 0 Å². The van der Waals surface area contributed by atoms with E-state index < -0.39 is 0 Å². The van der Waals surface area contributed by atoms with Gasteiger partial charge in [0, 0.05) is 12.1 Å². The highest BCUT2D eigenvalue weighted by atomic mass is 32.1. The van der Waals surface area contributed by atoms with Crippen LogP contribution in [0.3, 0.4) is 0 Å². The van der Waals surface area contributed by atoms with Crippen LogP contribution in [0.5, 0.6) is 17.2 Å². The number of carbonyl (C=O) groups excluding carboxylic acids is 1. The van der Waals surface area contributed by atoms with Crippen molar-refractivity contribution in [2.24, 2.45) is 0 Å². The zero-order chi connectivity index (χ0) is 17.3. The number of amides is 1. The summed E-state index contributed by atoms with van der Waals surface area (Å²) in [7, 11) is 4.70. The Balaban J connectivity index is 1.94. The first-order valence-electron chi connectivity index (χ1n) is 7.47. The molecule has 24 heavy (non-hydrogen) atoms. The molecule has 0 spiro atoms. The molecule has 0 radical (unpaired) electrons. The quantitative estimate of drug-likeness (QED) is 0.845. The lowest BCUT2D eigenvalue weighted by Gasteiger charge is -2.22. The van der Waals surface area contributed by atoms with Gasteiger partial charge in [0.25, 0.3) is 5.91 Å². The van der Waals surface area contributed by atoms with Crippen LogP contribution in [-0.2, 0) is 6.54 Å². The van der Waals surface area contributed by atoms with Crippen molar-refractivity contribution in [3.63, 3.8) is 0 Å². The molecule has 1 amide bonds. The third kappa shape index (κ3) is 2.67. The van der Waals surface area contributed by atoms with Crippen LogP contribution in [0.1, 0.15) is 26.9 Å². The Bertz CT molecular complexity index is 752. The number of carbonyl (C=O) groups is 1. The average Bonchev–Trinajstić information content (AvgIpc) is 2.86. The molecule has 1 aliphatic heterocycles. The second-order valence-electron chi connectivity index (χ2n) is 5.43. The van der Waals surface area contributed by atoms with Gasteiger partial charge in [-0.2, -0.15) is 0 Å². The number of rotatable bonds is 5. The van der Waals surface area contributed by atoms with Gasteiger partial charge in [0.2, 0.25) is 5.75 Å². The van der Waals surface area contributed by atoms with Gasteiger partial charge in [0.1, 0.15) is 5.37 Å². The first-order valence-corrected chi connectivity index (χ1v) is 7.99. The number of hydrogen-bond acceptors (Lipinski definition) is 5. The Morgan fingerprint density at radius 3 is 2.21 bits per heavy atom. The van der Waals surface area contributed by atoms with Crippen molar-refractivity contribution < 1.29 is 19.0 Å². The molecule has 0 N–H and O–H groups in total. The van der Waals surface area contributed by atoms with Crippen molar-refractivity contribution in [2.45, 2.75) is 11.9 Å². The van der Waals surface area contributed by atoms with Crippen molar-refractivity contribution in [3.8, 4) is 17.2 Å². The molecule has 0 aliphatic carbocycles. The van der Waals surface area contributed by atoms with Gasteiger partial charge in [-0.15, -0.1) is 12.6 Å². The number of thiol groups is 1. The first kappa shape index (κ1) is 16.5. The van der Waals surface area contributed by atoms with E-state index in [-0.39, 0.29) is 11.3 Å². The van der Waals surface area contributed by atoms with Crippen molar-refractivity contribution in [1.29, 1.82) is 0 Å². The molecule has 0 fully saturated rings. The molecule has 0 aromatic heterocycles. The predicted molar refractivity (Wildman–Crippen MR) is 94.1 cm³/mol. The van der Waals surface area contributed by atoms with E-state index in [1.807, 2.05) is 36.4 Å². The van der Waals surface area contributed by atoms with E-state index in [0.29, 0.717) is 29.4 Å². The summed E-state index contributed by atoms with van der Waals surface area (Å²) in [5.74, 6) is 1.63. The Morgan fingerprint density at radius 2 is 1.67 bits per heavy atom. The highest BCUT2D eigenvalue weighted by molar-refractivity contribution is 7.80. The lowest BCUT2D eigenvalue weighted by Crippen LogP contribution is -2.25. The van der Waals surface area contributed by atoms with Crippen molar-refractivity contribution in [2.75, 3.05) is 21.3 Å². The number of nitrogens with zero attached hydrogens (tertiary/aromatic N) is 1. The maximum Gasteiger partial charge on any atom is 0.255 e. The van der Waals surface area contributed by atoms with E-state index in [2.05, 4.69) is 12.6 Å². The van der Waals surface area contributed by atoms with Crippen LogP contribution in [0, 0.1) is 0 Å². The number of benzene rings is 2. The highest BCUT2D eigenvalue weighted by Crippen LogP contribution is 2.41. The zero-order valence-electron chi connectivity index (χ0n) is 13.8. The van der Waals surface area contributed by atoms with Crippen molar-refractivity contribution >= 4 is 18.5 Å². The Kier molecular flexibility index (Phi) is 4.57. The van der Waals surface area contributed by atoms with E-state index >= 15 is 0 Å². The fraction of sp³-hybridized carbons (Fsp3) is 0.278. The summed E-state index contributed by atoms with van der Waals surface area (Å²) in [5.41, 5.74) is 2.51. The second-order valence-corrected chi connectivity index (χ2v) is 5.92. The summed E-state index contributed by atoms with van der Waals surface area (Å²) < 4.78 is 16.1. The smallest absolute Gasteiger partial charge is 0.255 e. The average molecular weight is 345 g/mol. The van der Waals surface area contributed by atoms with E-state index in [0.717, 1.165) is 11.1 Å². The topological polar surface area (TPSA) is 48.0 Å². The molecule has 0 saturated heterocycles. The molecule has 0 saturated carbocycles. The summed E-state index contributed by atoms with van der Waals surface area (Å²) >= 11 is 4.61. The number of fused-ring (bicyclic) bond motifs is 1. The Labute approximate surface area is 146 Å². The number of hydrogen-bond donors (Lipinski definition) is 1. The normalized spacial score (nSPS) is 16.1. The monoisotopic (exact) mass is 345 g/mol. The molecule has 2 aromatic carbocycles. The zero-order valence-corrected chi connectivity index (χ0v) is 14.7. The van der Waals surface area contributed by atoms with Crippen LogP contribution in [0.4, 0.5) is 0 Å². The van der Waals surface area contributed by atoms with Crippen molar-refractivity contribution in [1.82, 2.24) is 4.90 Å². The van der Waals surface area contributed by atoms with Gasteiger partial charge in [-0.3, -0.25) is 4.79 Å². The maximum absolute atomic E-state index is 12.6. The molecule has 2 aromatic rings. The molecule has 6 heteroatoms. The maximum atomic E-state index is 12.6. The van der Waals surface area contributed by atoms with E-state index in [9.17, 15) is 4.79 Å². The summed E-state index contributed by atoms with van der Waals surface area (Å²) in [6.07, 6.45) is 0. The largest absolute Gasteiger partial charge is 0.493 e. The summed E-state index contributed by atoms with van der Waals surface area (Å²) in [6, 6.07) is 11.2. The van der Waals surface area contributed by atoms with Gasteiger partial charge in [0.05, 0.1) is 21.3 Å². The Hall–Kier alpha value is -2.34. The minimum Gasteiger partial charge on any atom is -0.493 e. The van der Waals surface area contributed by atoms with Gasteiger partial charge in [-0.1, -0.05) is 18.2 Å². The van der Waals surface area contributed by atoms with Crippen LogP contribution >= 0.6 is 12.6 Å². The minimum absolute atomic E-state index is 0.0284. The standard InChI is InChI=1S/C18H19NO4S/c1-21-14-8-11(9-15(22-2)16(14)23-3)10-19-17(20)12-6-4-5-7-13(12)18(19)24/h4-9,18,24H,10H2,1-3H3. The van der Waals surface area contributed by atoms with E-state index in [4.69, 9.17) is 14.2 Å². The summed E-state index contributed by atoms with van der Waals surface area (Å²) in [4.78, 5) is 14.4. The molecule has 5 nitrogen and oxygen atoms in total. The van der Waals surface area contributed by atoms with Gasteiger partial charge in [-0.05, 0) is 29.3 Å². The second kappa shape index (κ2) is 6.65. The molecular weight excluding hydrogens is 326 g/mol. The molecule has 3 rings (SSSR count). The third-order valence-corrected chi connectivity index (χ3v) is 4.66. The first-order chi connectivity index (χ1) is 11.6.